The minimum absolute atomic E-state index is 0.0697. The minimum Gasteiger partial charge on any atom is -0.508 e. The zero-order chi connectivity index (χ0) is 25.7. The van der Waals surface area contributed by atoms with Gasteiger partial charge in [-0.2, -0.15) is 23.1 Å². The molecule has 2 bridgehead atoms. The summed E-state index contributed by atoms with van der Waals surface area (Å²) in [6, 6.07) is 9.74. The smallest absolute Gasteiger partial charge is 0.422 e. The van der Waals surface area contributed by atoms with Crippen LogP contribution in [-0.2, 0) is 0 Å². The summed E-state index contributed by atoms with van der Waals surface area (Å²) >= 11 is 0. The lowest BCUT2D eigenvalue weighted by Gasteiger charge is -2.27. The van der Waals surface area contributed by atoms with Gasteiger partial charge in [-0.1, -0.05) is 24.3 Å². The molecule has 2 aliphatic heterocycles. The van der Waals surface area contributed by atoms with Crippen molar-refractivity contribution >= 4 is 27.5 Å². The molecule has 4 aromatic rings. The van der Waals surface area contributed by atoms with Crippen molar-refractivity contribution in [3.63, 3.8) is 0 Å². The Morgan fingerprint density at radius 2 is 1.97 bits per heavy atom. The summed E-state index contributed by atoms with van der Waals surface area (Å²) in [4.78, 5) is 14.6. The van der Waals surface area contributed by atoms with Crippen LogP contribution < -0.4 is 15.0 Å². The lowest BCUT2D eigenvalue weighted by atomic mass is 10.0. The van der Waals surface area contributed by atoms with Crippen LogP contribution in [0.15, 0.2) is 42.6 Å². The summed E-state index contributed by atoms with van der Waals surface area (Å²) in [5.41, 5.74) is 0.0637. The molecule has 2 saturated heterocycles. The predicted octanol–water partition coefficient (Wildman–Crippen LogP) is 4.82. The molecule has 7 nitrogen and oxygen atoms in total. The van der Waals surface area contributed by atoms with Crippen LogP contribution >= 0.6 is 0 Å². The topological polar surface area (TPSA) is 83.4 Å². The van der Waals surface area contributed by atoms with Gasteiger partial charge in [0.2, 0.25) is 0 Å². The molecular formula is C26H23F4N5O2. The average Bonchev–Trinajstić information content (AvgIpc) is 3.20. The summed E-state index contributed by atoms with van der Waals surface area (Å²) in [7, 11) is 0. The number of halogens is 4. The lowest BCUT2D eigenvalue weighted by Crippen LogP contribution is -2.39. The Balaban J connectivity index is 1.51. The minimum atomic E-state index is -4.60. The van der Waals surface area contributed by atoms with Gasteiger partial charge >= 0.3 is 12.2 Å². The van der Waals surface area contributed by atoms with Gasteiger partial charge in [-0.3, -0.25) is 4.98 Å². The van der Waals surface area contributed by atoms with Crippen molar-refractivity contribution in [1.29, 1.82) is 0 Å². The highest BCUT2D eigenvalue weighted by atomic mass is 19.4. The monoisotopic (exact) mass is 513 g/mol. The second-order valence-electron chi connectivity index (χ2n) is 9.57. The number of fused-ring (bicyclic) bond motifs is 4. The number of ether oxygens (including phenoxy) is 1. The fraction of sp³-hybridized carbons (Fsp3) is 0.346. The molecule has 2 aliphatic rings. The molecule has 11 heteroatoms. The van der Waals surface area contributed by atoms with Crippen LogP contribution in [0.5, 0.6) is 11.8 Å². The molecular weight excluding hydrogens is 490 g/mol. The van der Waals surface area contributed by atoms with E-state index in [2.05, 4.69) is 20.3 Å². The Bertz CT molecular complexity index is 1500. The van der Waals surface area contributed by atoms with E-state index in [-0.39, 0.29) is 34.2 Å². The van der Waals surface area contributed by atoms with Crippen LogP contribution in [0.4, 0.5) is 23.4 Å². The molecule has 2 N–H and O–H groups in total. The Morgan fingerprint density at radius 3 is 2.81 bits per heavy atom. The number of rotatable bonds is 4. The van der Waals surface area contributed by atoms with Crippen LogP contribution in [0.1, 0.15) is 12.8 Å². The Labute approximate surface area is 209 Å². The molecule has 0 aliphatic carbocycles. The van der Waals surface area contributed by atoms with E-state index in [1.807, 2.05) is 4.90 Å². The summed E-state index contributed by atoms with van der Waals surface area (Å²) in [6.45, 7) is 0.525. The van der Waals surface area contributed by atoms with E-state index in [1.165, 1.54) is 12.3 Å². The first-order valence-corrected chi connectivity index (χ1v) is 12.0. The Kier molecular flexibility index (Phi) is 5.74. The molecule has 0 amide bonds. The van der Waals surface area contributed by atoms with Gasteiger partial charge in [0.1, 0.15) is 22.8 Å². The van der Waals surface area contributed by atoms with E-state index in [1.54, 1.807) is 30.3 Å². The van der Waals surface area contributed by atoms with Crippen molar-refractivity contribution < 1.29 is 27.4 Å². The van der Waals surface area contributed by atoms with Gasteiger partial charge in [-0.15, -0.1) is 0 Å². The molecule has 2 atom stereocenters. The first kappa shape index (κ1) is 23.7. The number of phenols is 1. The van der Waals surface area contributed by atoms with Crippen LogP contribution in [0.25, 0.3) is 32.9 Å². The SMILES string of the molecule is Oc1cc(-c2ncc3c(N4CCC5CNC(C5)C4)nc(OCC(F)(F)F)nc3c2F)c2ccccc2c1. The number of pyridine rings is 1. The molecule has 0 radical (unpaired) electrons. The highest BCUT2D eigenvalue weighted by Crippen LogP contribution is 2.37. The largest absolute Gasteiger partial charge is 0.508 e. The quantitative estimate of drug-likeness (QED) is 0.379. The van der Waals surface area contributed by atoms with Crippen LogP contribution in [0.2, 0.25) is 0 Å². The van der Waals surface area contributed by atoms with Crippen LogP contribution in [0, 0.1) is 11.7 Å². The molecule has 2 aromatic carbocycles. The molecule has 2 unspecified atom stereocenters. The maximum absolute atomic E-state index is 16.1. The van der Waals surface area contributed by atoms with Gasteiger partial charge in [0.25, 0.3) is 0 Å². The summed E-state index contributed by atoms with van der Waals surface area (Å²) in [5, 5.41) is 15.3. The zero-order valence-corrected chi connectivity index (χ0v) is 19.6. The van der Waals surface area contributed by atoms with Crippen LogP contribution in [-0.4, -0.2) is 58.5 Å². The van der Waals surface area contributed by atoms with E-state index in [0.29, 0.717) is 35.3 Å². The van der Waals surface area contributed by atoms with Crippen molar-refractivity contribution in [2.45, 2.75) is 25.1 Å². The number of anilines is 1. The number of hydrogen-bond donors (Lipinski definition) is 2. The first-order chi connectivity index (χ1) is 17.7. The fourth-order valence-electron chi connectivity index (χ4n) is 5.30. The van der Waals surface area contributed by atoms with Gasteiger partial charge in [0, 0.05) is 30.9 Å². The number of aromatic hydroxyl groups is 1. The third-order valence-electron chi connectivity index (χ3n) is 6.97. The molecule has 0 saturated carbocycles. The standard InChI is InChI=1S/C26H23F4N5O2/c27-21-22(19-9-17(36)8-15-3-1-2-4-18(15)19)32-11-20-23(21)33-25(37-13-26(28,29)30)34-24(20)35-6-5-14-7-16(12-35)31-10-14/h1-4,8-9,11,14,16,31,36H,5-7,10,12-13H2. The van der Waals surface area contributed by atoms with E-state index >= 15 is 4.39 Å². The maximum atomic E-state index is 16.1. The first-order valence-electron chi connectivity index (χ1n) is 12.0. The van der Waals surface area contributed by atoms with Crippen molar-refractivity contribution in [3.05, 3.63) is 48.4 Å². The van der Waals surface area contributed by atoms with Gasteiger partial charge in [-0.25, -0.2) is 4.39 Å². The third-order valence-corrected chi connectivity index (χ3v) is 6.97. The number of nitrogens with one attached hydrogen (secondary N) is 1. The van der Waals surface area contributed by atoms with Gasteiger partial charge < -0.3 is 20.1 Å². The average molecular weight is 513 g/mol. The van der Waals surface area contributed by atoms with Crippen LogP contribution in [0.3, 0.4) is 0 Å². The highest BCUT2D eigenvalue weighted by molar-refractivity contribution is 5.99. The van der Waals surface area contributed by atoms with Gasteiger partial charge in [0.05, 0.1) is 5.39 Å². The molecule has 0 spiro atoms. The number of alkyl halides is 3. The predicted molar refractivity (Wildman–Crippen MR) is 130 cm³/mol. The van der Waals surface area contributed by atoms with Crippen molar-refractivity contribution in [2.24, 2.45) is 5.92 Å². The maximum Gasteiger partial charge on any atom is 0.422 e. The van der Waals surface area contributed by atoms with E-state index in [9.17, 15) is 18.3 Å². The summed E-state index contributed by atoms with van der Waals surface area (Å²) in [6.07, 6.45) is -1.30. The third kappa shape index (κ3) is 4.59. The fourth-order valence-corrected chi connectivity index (χ4v) is 5.30. The molecule has 4 heterocycles. The van der Waals surface area contributed by atoms with Crippen molar-refractivity contribution in [3.8, 4) is 23.0 Å². The summed E-state index contributed by atoms with van der Waals surface area (Å²) < 4.78 is 59.7. The second kappa shape index (κ2) is 8.98. The van der Waals surface area contributed by atoms with Crippen molar-refractivity contribution in [2.75, 3.05) is 31.1 Å². The number of nitrogens with zero attached hydrogens (tertiary/aromatic N) is 4. The molecule has 37 heavy (non-hydrogen) atoms. The van der Waals surface area contributed by atoms with Gasteiger partial charge in [0.15, 0.2) is 12.4 Å². The lowest BCUT2D eigenvalue weighted by molar-refractivity contribution is -0.154. The Hall–Kier alpha value is -3.73. The molecule has 2 fully saturated rings. The molecule has 192 valence electrons. The van der Waals surface area contributed by atoms with Crippen molar-refractivity contribution in [1.82, 2.24) is 20.3 Å². The van der Waals surface area contributed by atoms with E-state index in [4.69, 9.17) is 4.74 Å². The molecule has 2 aromatic heterocycles. The normalized spacial score (nSPS) is 19.9. The molecule has 6 rings (SSSR count). The number of benzene rings is 2. The number of aromatic nitrogens is 3. The van der Waals surface area contributed by atoms with Gasteiger partial charge in [-0.05, 0) is 48.2 Å². The second-order valence-corrected chi connectivity index (χ2v) is 9.57. The van der Waals surface area contributed by atoms with E-state index < -0.39 is 24.6 Å². The zero-order valence-electron chi connectivity index (χ0n) is 19.6. The van der Waals surface area contributed by atoms with E-state index in [0.717, 1.165) is 19.4 Å². The summed E-state index contributed by atoms with van der Waals surface area (Å²) in [5.74, 6) is -0.109. The number of phenolic OH excluding ortho intramolecular Hbond substituents is 1. The highest BCUT2D eigenvalue weighted by Gasteiger charge is 2.33. The number of hydrogen-bond acceptors (Lipinski definition) is 7. The Morgan fingerprint density at radius 1 is 1.14 bits per heavy atom.